The number of hydrogen-bond acceptors (Lipinski definition) is 7. The van der Waals surface area contributed by atoms with Crippen molar-refractivity contribution >= 4 is 17.9 Å². The third kappa shape index (κ3) is 56.0. The first-order valence-corrected chi connectivity index (χ1v) is 29.8. The van der Waals surface area contributed by atoms with Gasteiger partial charge in [-0.3, -0.25) is 9.59 Å². The van der Waals surface area contributed by atoms with Gasteiger partial charge in [0.15, 0.2) is 6.10 Å². The molecule has 0 aliphatic carbocycles. The summed E-state index contributed by atoms with van der Waals surface area (Å²) < 4.78 is 22.9. The fourth-order valence-electron chi connectivity index (χ4n) is 8.07. The fourth-order valence-corrected chi connectivity index (χ4v) is 8.07. The van der Waals surface area contributed by atoms with Crippen LogP contribution in [0.2, 0.25) is 0 Å². The maximum absolute atomic E-state index is 12.9. The molecule has 0 aliphatic heterocycles. The van der Waals surface area contributed by atoms with E-state index in [0.29, 0.717) is 23.9 Å². The van der Waals surface area contributed by atoms with Crippen molar-refractivity contribution in [1.82, 2.24) is 0 Å². The highest BCUT2D eigenvalue weighted by atomic mass is 16.7. The SMILES string of the molecule is CC/C=C\C/C=C\C/C=C\C/C=C\C/C=C\CCCCCCCCCCCCCCCC(=O)OC(COC(=O)CCCCCCCCCCC/C=C\C/C=C\CCCCC)COC(OCC[N+](C)(C)C)C(=O)O. The second kappa shape index (κ2) is 54.7. The minimum absolute atomic E-state index is 0.184. The van der Waals surface area contributed by atoms with E-state index in [9.17, 15) is 19.5 Å². The first-order valence-electron chi connectivity index (χ1n) is 29.8. The van der Waals surface area contributed by atoms with E-state index >= 15 is 0 Å². The van der Waals surface area contributed by atoms with Crippen LogP contribution in [0.4, 0.5) is 0 Å². The molecule has 0 bridgehead atoms. The number of nitrogens with zero attached hydrogens (tertiary/aromatic N) is 1. The molecule has 0 aliphatic rings. The molecule has 0 saturated carbocycles. The Labute approximate surface area is 449 Å². The standard InChI is InChI=1S/C64H111NO8/c1-6-8-10-12-14-16-18-20-22-24-26-27-28-29-30-31-32-33-34-35-37-39-41-43-45-47-49-51-53-55-62(67)73-60(59-72-64(63(68)69)70-57-56-65(3,4)5)58-71-61(66)54-52-50-48-46-44-42-40-38-36-25-23-21-19-17-15-13-11-9-7-2/h8,10,14-17,20-23,26-27,29-30,60,64H,6-7,9,11-13,18-19,24-25,28,31-59H2,1-5H3/p+1/b10-8-,16-14-,17-15-,22-20-,23-21-,27-26-,30-29-. The van der Waals surface area contributed by atoms with Gasteiger partial charge in [0.2, 0.25) is 0 Å². The van der Waals surface area contributed by atoms with Crippen LogP contribution in [0.5, 0.6) is 0 Å². The number of hydrogen-bond donors (Lipinski definition) is 1. The largest absolute Gasteiger partial charge is 0.477 e. The van der Waals surface area contributed by atoms with E-state index in [4.69, 9.17) is 18.9 Å². The maximum atomic E-state index is 12.9. The Morgan fingerprint density at radius 2 is 0.781 bits per heavy atom. The number of esters is 2. The molecular formula is C64H112NO8+. The van der Waals surface area contributed by atoms with Crippen molar-refractivity contribution in [3.63, 3.8) is 0 Å². The number of allylic oxidation sites excluding steroid dienone is 14. The van der Waals surface area contributed by atoms with Crippen molar-refractivity contribution in [2.75, 3.05) is 47.5 Å². The Hall–Kier alpha value is -3.53. The number of unbranched alkanes of at least 4 members (excludes halogenated alkanes) is 25. The molecule has 9 heteroatoms. The van der Waals surface area contributed by atoms with Gasteiger partial charge in [0, 0.05) is 12.8 Å². The Balaban J connectivity index is 4.22. The second-order valence-corrected chi connectivity index (χ2v) is 20.9. The van der Waals surface area contributed by atoms with Gasteiger partial charge < -0.3 is 28.5 Å². The van der Waals surface area contributed by atoms with E-state index in [0.717, 1.165) is 77.0 Å². The summed E-state index contributed by atoms with van der Waals surface area (Å²) in [4.78, 5) is 37.5. The van der Waals surface area contributed by atoms with Crippen molar-refractivity contribution in [3.05, 3.63) is 85.1 Å². The second-order valence-electron chi connectivity index (χ2n) is 20.9. The molecule has 2 unspecified atom stereocenters. The first kappa shape index (κ1) is 69.5. The lowest BCUT2D eigenvalue weighted by atomic mass is 10.0. The number of carboxylic acid groups (broad SMARTS) is 1. The minimum Gasteiger partial charge on any atom is -0.477 e. The molecule has 9 nitrogen and oxygen atoms in total. The number of quaternary nitrogens is 1. The summed E-state index contributed by atoms with van der Waals surface area (Å²) in [6, 6.07) is 0. The molecular weight excluding hydrogens is 911 g/mol. The van der Waals surface area contributed by atoms with E-state index in [1.807, 2.05) is 21.1 Å². The predicted octanol–water partition coefficient (Wildman–Crippen LogP) is 17.6. The van der Waals surface area contributed by atoms with Gasteiger partial charge in [-0.1, -0.05) is 227 Å². The lowest BCUT2D eigenvalue weighted by molar-refractivity contribution is -0.870. The van der Waals surface area contributed by atoms with Gasteiger partial charge in [-0.15, -0.1) is 0 Å². The van der Waals surface area contributed by atoms with Crippen LogP contribution in [-0.2, 0) is 33.3 Å². The topological polar surface area (TPSA) is 108 Å². The average molecular weight is 1020 g/mol. The summed E-state index contributed by atoms with van der Waals surface area (Å²) in [6.07, 6.45) is 69.4. The van der Waals surface area contributed by atoms with E-state index in [2.05, 4.69) is 98.9 Å². The van der Waals surface area contributed by atoms with Crippen molar-refractivity contribution in [2.45, 2.75) is 257 Å². The molecule has 1 N–H and O–H groups in total. The van der Waals surface area contributed by atoms with Crippen molar-refractivity contribution in [1.29, 1.82) is 0 Å². The summed E-state index contributed by atoms with van der Waals surface area (Å²) in [5.74, 6) is -2.01. The molecule has 0 heterocycles. The highest BCUT2D eigenvalue weighted by Crippen LogP contribution is 2.16. The van der Waals surface area contributed by atoms with Crippen molar-refractivity contribution in [2.24, 2.45) is 0 Å². The molecule has 0 amide bonds. The van der Waals surface area contributed by atoms with Crippen molar-refractivity contribution < 1.29 is 42.9 Å². The van der Waals surface area contributed by atoms with Crippen LogP contribution >= 0.6 is 0 Å². The summed E-state index contributed by atoms with van der Waals surface area (Å²) in [5.41, 5.74) is 0. The van der Waals surface area contributed by atoms with Gasteiger partial charge in [0.25, 0.3) is 6.29 Å². The lowest BCUT2D eigenvalue weighted by Gasteiger charge is -2.25. The van der Waals surface area contributed by atoms with Gasteiger partial charge in [-0.2, -0.15) is 0 Å². The number of carbonyl (C=O) groups excluding carboxylic acids is 2. The average Bonchev–Trinajstić information content (AvgIpc) is 3.36. The Morgan fingerprint density at radius 3 is 1.16 bits per heavy atom. The summed E-state index contributed by atoms with van der Waals surface area (Å²) in [6.45, 7) is 4.74. The predicted molar refractivity (Wildman–Crippen MR) is 309 cm³/mol. The zero-order valence-electron chi connectivity index (χ0n) is 47.8. The Bertz CT molecular complexity index is 1470. The zero-order chi connectivity index (χ0) is 53.4. The van der Waals surface area contributed by atoms with Crippen LogP contribution < -0.4 is 0 Å². The molecule has 0 radical (unpaired) electrons. The third-order valence-electron chi connectivity index (χ3n) is 12.6. The number of carbonyl (C=O) groups is 3. The quantitative estimate of drug-likeness (QED) is 0.0211. The van der Waals surface area contributed by atoms with Crippen molar-refractivity contribution in [3.8, 4) is 0 Å². The Morgan fingerprint density at radius 1 is 0.425 bits per heavy atom. The number of carboxylic acids is 1. The number of aliphatic carboxylic acids is 1. The van der Waals surface area contributed by atoms with E-state index in [1.54, 1.807) is 0 Å². The molecule has 0 fully saturated rings. The van der Waals surface area contributed by atoms with E-state index < -0.39 is 24.3 Å². The highest BCUT2D eigenvalue weighted by molar-refractivity contribution is 5.71. The molecule has 0 spiro atoms. The van der Waals surface area contributed by atoms with Crippen LogP contribution in [0.25, 0.3) is 0 Å². The number of rotatable bonds is 54. The molecule has 73 heavy (non-hydrogen) atoms. The Kier molecular flexibility index (Phi) is 52.1. The number of likely N-dealkylation sites (N-methyl/N-ethyl adjacent to an activating group) is 1. The molecule has 420 valence electrons. The molecule has 2 atom stereocenters. The van der Waals surface area contributed by atoms with Crippen LogP contribution in [0.15, 0.2) is 85.1 Å². The van der Waals surface area contributed by atoms with Gasteiger partial charge in [0.1, 0.15) is 13.2 Å². The lowest BCUT2D eigenvalue weighted by Crippen LogP contribution is -2.40. The molecule has 0 aromatic heterocycles. The maximum Gasteiger partial charge on any atom is 0.361 e. The monoisotopic (exact) mass is 1020 g/mol. The zero-order valence-corrected chi connectivity index (χ0v) is 47.8. The smallest absolute Gasteiger partial charge is 0.361 e. The van der Waals surface area contributed by atoms with Crippen LogP contribution in [0, 0.1) is 0 Å². The van der Waals surface area contributed by atoms with Gasteiger partial charge in [-0.25, -0.2) is 4.79 Å². The van der Waals surface area contributed by atoms with Gasteiger partial charge >= 0.3 is 17.9 Å². The molecule has 0 saturated heterocycles. The van der Waals surface area contributed by atoms with Crippen LogP contribution in [0.3, 0.4) is 0 Å². The van der Waals surface area contributed by atoms with Gasteiger partial charge in [0.05, 0.1) is 34.4 Å². The summed E-state index contributed by atoms with van der Waals surface area (Å²) in [7, 11) is 5.97. The highest BCUT2D eigenvalue weighted by Gasteiger charge is 2.25. The summed E-state index contributed by atoms with van der Waals surface area (Å²) >= 11 is 0. The molecule has 0 aromatic carbocycles. The first-order chi connectivity index (χ1) is 35.6. The number of ether oxygens (including phenoxy) is 4. The molecule has 0 aromatic rings. The van der Waals surface area contributed by atoms with Gasteiger partial charge in [-0.05, 0) is 89.9 Å². The normalized spacial score (nSPS) is 13.4. The minimum atomic E-state index is -1.51. The fraction of sp³-hybridized carbons (Fsp3) is 0.734. The summed E-state index contributed by atoms with van der Waals surface area (Å²) in [5, 5.41) is 9.71. The van der Waals surface area contributed by atoms with E-state index in [-0.39, 0.29) is 32.2 Å². The van der Waals surface area contributed by atoms with Crippen LogP contribution in [-0.4, -0.2) is 87.4 Å². The van der Waals surface area contributed by atoms with E-state index in [1.165, 1.54) is 135 Å². The third-order valence-corrected chi connectivity index (χ3v) is 12.6. The van der Waals surface area contributed by atoms with Crippen LogP contribution in [0.1, 0.15) is 245 Å². The molecule has 0 rings (SSSR count).